The van der Waals surface area contributed by atoms with Crippen molar-refractivity contribution < 1.29 is 19.1 Å². The van der Waals surface area contributed by atoms with E-state index >= 15 is 0 Å². The van der Waals surface area contributed by atoms with Crippen LogP contribution in [0.4, 0.5) is 4.79 Å². The van der Waals surface area contributed by atoms with E-state index in [2.05, 4.69) is 0 Å². The fraction of sp³-hybridized carbons (Fsp3) is 0.889. The second kappa shape index (κ2) is 15.6. The Labute approximate surface area is 143 Å². The number of carbonyl (C=O) groups excluding carboxylic acids is 2. The number of hydrogen-bond donors (Lipinski definition) is 0. The molecular weight excluding hydrogens is 294 g/mol. The van der Waals surface area contributed by atoms with Gasteiger partial charge in [-0.15, -0.1) is 0 Å². The third-order valence-electron chi connectivity index (χ3n) is 2.81. The Balaban J connectivity index is -0.000000919. The number of rotatable bonds is 6. The molecule has 0 rings (SSSR count). The average Bonchev–Trinajstić information content (AvgIpc) is 2.53. The summed E-state index contributed by atoms with van der Waals surface area (Å²) in [5.74, 6) is -0.385. The number of hydrogen-bond acceptors (Lipinski definition) is 4. The number of esters is 1. The summed E-state index contributed by atoms with van der Waals surface area (Å²) in [7, 11) is 1.39. The van der Waals surface area contributed by atoms with Crippen LogP contribution in [-0.2, 0) is 14.3 Å². The van der Waals surface area contributed by atoms with E-state index in [1.807, 2.05) is 62.3 Å². The summed E-state index contributed by atoms with van der Waals surface area (Å²) in [6.07, 6.45) is 0.962. The van der Waals surface area contributed by atoms with Gasteiger partial charge in [0.05, 0.1) is 13.0 Å². The minimum atomic E-state index is -0.503. The fourth-order valence-corrected chi connectivity index (χ4v) is 1.67. The number of amides is 1. The summed E-state index contributed by atoms with van der Waals surface area (Å²) in [6, 6.07) is 0. The molecule has 1 atom stereocenters. The third-order valence-corrected chi connectivity index (χ3v) is 2.81. The van der Waals surface area contributed by atoms with Crippen LogP contribution in [0, 0.1) is 5.92 Å². The largest absolute Gasteiger partial charge is 0.469 e. The van der Waals surface area contributed by atoms with E-state index in [1.165, 1.54) is 7.11 Å². The summed E-state index contributed by atoms with van der Waals surface area (Å²) < 4.78 is 10.1. The van der Waals surface area contributed by atoms with Gasteiger partial charge in [-0.05, 0) is 40.5 Å². The molecule has 0 aromatic rings. The zero-order valence-electron chi connectivity index (χ0n) is 17.0. The van der Waals surface area contributed by atoms with Gasteiger partial charge in [-0.25, -0.2) is 4.79 Å². The van der Waals surface area contributed by atoms with E-state index in [0.29, 0.717) is 25.9 Å². The highest BCUT2D eigenvalue weighted by molar-refractivity contribution is 5.72. The Bertz CT molecular complexity index is 298. The molecule has 0 N–H and O–H groups in total. The van der Waals surface area contributed by atoms with Gasteiger partial charge in [0.15, 0.2) is 0 Å². The summed E-state index contributed by atoms with van der Waals surface area (Å²) in [5.41, 5.74) is -0.503. The lowest BCUT2D eigenvalue weighted by molar-refractivity contribution is -0.145. The maximum atomic E-state index is 11.9. The smallest absolute Gasteiger partial charge is 0.410 e. The molecule has 140 valence electrons. The predicted octanol–water partition coefficient (Wildman–Crippen LogP) is 4.89. The predicted molar refractivity (Wildman–Crippen MR) is 96.6 cm³/mol. The van der Waals surface area contributed by atoms with Gasteiger partial charge in [-0.2, -0.15) is 0 Å². The van der Waals surface area contributed by atoms with Gasteiger partial charge in [-0.3, -0.25) is 4.79 Å². The Morgan fingerprint density at radius 1 is 1.04 bits per heavy atom. The molecule has 5 nitrogen and oxygen atoms in total. The van der Waals surface area contributed by atoms with Crippen molar-refractivity contribution in [3.63, 3.8) is 0 Å². The summed E-state index contributed by atoms with van der Waals surface area (Å²) in [4.78, 5) is 25.0. The molecule has 0 radical (unpaired) electrons. The standard InChI is InChI=1S/C14H27NO4.2C2H6/c1-7-11(12(16)18-6)9-10-15(8-2)13(17)19-14(3,4)5;2*1-2/h11H,7-10H2,1-6H3;2*1-2H3. The van der Waals surface area contributed by atoms with Crippen molar-refractivity contribution >= 4 is 12.1 Å². The molecule has 0 saturated heterocycles. The molecule has 1 amide bonds. The first-order valence-corrected chi connectivity index (χ1v) is 8.80. The van der Waals surface area contributed by atoms with E-state index in [-0.39, 0.29) is 18.0 Å². The van der Waals surface area contributed by atoms with Crippen LogP contribution in [0.5, 0.6) is 0 Å². The number of ether oxygens (including phenoxy) is 2. The van der Waals surface area contributed by atoms with Gasteiger partial charge < -0.3 is 14.4 Å². The van der Waals surface area contributed by atoms with Crippen molar-refractivity contribution in [1.82, 2.24) is 4.90 Å². The van der Waals surface area contributed by atoms with Crippen molar-refractivity contribution in [2.24, 2.45) is 5.92 Å². The van der Waals surface area contributed by atoms with Gasteiger partial charge in [0.25, 0.3) is 0 Å². The van der Waals surface area contributed by atoms with Crippen LogP contribution in [0.2, 0.25) is 0 Å². The summed E-state index contributed by atoms with van der Waals surface area (Å²) in [6.45, 7) is 18.4. The molecule has 0 bridgehead atoms. The van der Waals surface area contributed by atoms with Crippen molar-refractivity contribution in [2.75, 3.05) is 20.2 Å². The Kier molecular flexibility index (Phi) is 18.1. The Morgan fingerprint density at radius 3 is 1.83 bits per heavy atom. The van der Waals surface area contributed by atoms with Crippen LogP contribution in [-0.4, -0.2) is 42.8 Å². The second-order valence-electron chi connectivity index (χ2n) is 5.48. The number of methoxy groups -OCH3 is 1. The molecule has 0 spiro atoms. The monoisotopic (exact) mass is 333 g/mol. The van der Waals surface area contributed by atoms with Crippen molar-refractivity contribution in [1.29, 1.82) is 0 Å². The topological polar surface area (TPSA) is 55.8 Å². The van der Waals surface area contributed by atoms with Crippen LogP contribution >= 0.6 is 0 Å². The van der Waals surface area contributed by atoms with Crippen molar-refractivity contribution in [2.45, 2.75) is 80.8 Å². The van der Waals surface area contributed by atoms with Crippen LogP contribution in [0.3, 0.4) is 0 Å². The van der Waals surface area contributed by atoms with Gasteiger partial charge in [0.2, 0.25) is 0 Å². The lowest BCUT2D eigenvalue weighted by Gasteiger charge is -2.27. The molecule has 0 aromatic heterocycles. The molecule has 0 aliphatic carbocycles. The molecule has 0 saturated carbocycles. The van der Waals surface area contributed by atoms with Gasteiger partial charge in [0.1, 0.15) is 5.60 Å². The third kappa shape index (κ3) is 14.1. The van der Waals surface area contributed by atoms with Gasteiger partial charge in [-0.1, -0.05) is 34.6 Å². The van der Waals surface area contributed by atoms with Crippen molar-refractivity contribution in [3.8, 4) is 0 Å². The second-order valence-corrected chi connectivity index (χ2v) is 5.48. The average molecular weight is 334 g/mol. The lowest BCUT2D eigenvalue weighted by atomic mass is 10.0. The van der Waals surface area contributed by atoms with Crippen molar-refractivity contribution in [3.05, 3.63) is 0 Å². The van der Waals surface area contributed by atoms with Crippen LogP contribution < -0.4 is 0 Å². The summed E-state index contributed by atoms with van der Waals surface area (Å²) >= 11 is 0. The SMILES string of the molecule is CC.CC.CCC(CCN(CC)C(=O)OC(C)(C)C)C(=O)OC. The molecule has 0 aromatic carbocycles. The number of nitrogens with zero attached hydrogens (tertiary/aromatic N) is 1. The van der Waals surface area contributed by atoms with E-state index in [0.717, 1.165) is 0 Å². The van der Waals surface area contributed by atoms with E-state index in [4.69, 9.17) is 9.47 Å². The minimum Gasteiger partial charge on any atom is -0.469 e. The molecule has 0 aliphatic heterocycles. The minimum absolute atomic E-state index is 0.165. The maximum absolute atomic E-state index is 11.9. The zero-order valence-corrected chi connectivity index (χ0v) is 17.0. The van der Waals surface area contributed by atoms with Crippen LogP contribution in [0.25, 0.3) is 0 Å². The van der Waals surface area contributed by atoms with E-state index < -0.39 is 5.60 Å². The van der Waals surface area contributed by atoms with E-state index in [9.17, 15) is 9.59 Å². The highest BCUT2D eigenvalue weighted by Gasteiger charge is 2.23. The Morgan fingerprint density at radius 2 is 1.52 bits per heavy atom. The molecule has 0 aliphatic rings. The first kappa shape index (κ1) is 26.6. The highest BCUT2D eigenvalue weighted by atomic mass is 16.6. The number of carbonyl (C=O) groups is 2. The van der Waals surface area contributed by atoms with Crippen LogP contribution in [0.1, 0.15) is 75.2 Å². The molecule has 0 heterocycles. The highest BCUT2D eigenvalue weighted by Crippen LogP contribution is 2.14. The first-order valence-electron chi connectivity index (χ1n) is 8.80. The molecule has 1 unspecified atom stereocenters. The lowest BCUT2D eigenvalue weighted by Crippen LogP contribution is -2.38. The van der Waals surface area contributed by atoms with Gasteiger partial charge >= 0.3 is 12.1 Å². The van der Waals surface area contributed by atoms with Crippen LogP contribution in [0.15, 0.2) is 0 Å². The fourth-order valence-electron chi connectivity index (χ4n) is 1.67. The molecule has 23 heavy (non-hydrogen) atoms. The zero-order chi connectivity index (χ0) is 19.1. The normalized spacial score (nSPS) is 11.0. The quantitative estimate of drug-likeness (QED) is 0.650. The van der Waals surface area contributed by atoms with Gasteiger partial charge in [0, 0.05) is 13.1 Å². The maximum Gasteiger partial charge on any atom is 0.410 e. The first-order chi connectivity index (χ1) is 10.7. The Hall–Kier alpha value is -1.26. The van der Waals surface area contributed by atoms with E-state index in [1.54, 1.807) is 4.90 Å². The summed E-state index contributed by atoms with van der Waals surface area (Å²) in [5, 5.41) is 0. The molecular formula is C18H39NO4. The molecule has 0 fully saturated rings. The molecule has 5 heteroatoms.